The number of hydrogen-bond donors (Lipinski definition) is 2. The molecule has 0 saturated carbocycles. The Hall–Kier alpha value is -3.55. The number of azo groups is 1. The fraction of sp³-hybridized carbons (Fsp3) is 0.158. The minimum absolute atomic E-state index is 0.182. The average Bonchev–Trinajstić information content (AvgIpc) is 3.19. The van der Waals surface area contributed by atoms with Crippen LogP contribution in [-0.4, -0.2) is 26.9 Å². The number of fused-ring (bicyclic) bond motifs is 1. The molecule has 4 aromatic rings. The fourth-order valence-electron chi connectivity index (χ4n) is 2.75. The van der Waals surface area contributed by atoms with E-state index in [0.29, 0.717) is 17.2 Å². The number of hydrogen-bond acceptors (Lipinski definition) is 5. The molecule has 0 saturated heterocycles. The Bertz CT molecular complexity index is 1140. The molecule has 0 aliphatic carbocycles. The van der Waals surface area contributed by atoms with Crippen LogP contribution < -0.4 is 5.32 Å². The Labute approximate surface area is 155 Å². The number of anilines is 1. The van der Waals surface area contributed by atoms with Crippen molar-refractivity contribution in [1.82, 2.24) is 19.8 Å². The van der Waals surface area contributed by atoms with E-state index in [2.05, 4.69) is 30.7 Å². The Morgan fingerprint density at radius 3 is 2.56 bits per heavy atom. The number of nitrogens with one attached hydrogen (secondary N) is 2. The van der Waals surface area contributed by atoms with E-state index in [9.17, 15) is 4.39 Å². The molecule has 0 radical (unpaired) electrons. The highest BCUT2D eigenvalue weighted by atomic mass is 19.1. The third-order valence-corrected chi connectivity index (χ3v) is 4.24. The molecule has 136 valence electrons. The molecule has 4 rings (SSSR count). The number of nitrogens with zero attached hydrogens (tertiary/aromatic N) is 5. The first-order valence-electron chi connectivity index (χ1n) is 8.46. The van der Waals surface area contributed by atoms with Gasteiger partial charge in [-0.3, -0.25) is 5.10 Å². The van der Waals surface area contributed by atoms with Gasteiger partial charge in [0.05, 0.1) is 5.69 Å². The Kier molecular flexibility index (Phi) is 4.15. The molecule has 2 aromatic carbocycles. The average molecular weight is 363 g/mol. The van der Waals surface area contributed by atoms with Gasteiger partial charge in [-0.1, -0.05) is 6.07 Å². The van der Waals surface area contributed by atoms with Crippen LogP contribution in [0, 0.1) is 19.7 Å². The van der Waals surface area contributed by atoms with Crippen molar-refractivity contribution < 1.29 is 4.39 Å². The zero-order chi connectivity index (χ0) is 19.0. The molecule has 0 aliphatic rings. The van der Waals surface area contributed by atoms with Crippen LogP contribution in [0.15, 0.2) is 52.7 Å². The van der Waals surface area contributed by atoms with E-state index in [1.54, 1.807) is 16.8 Å². The molecule has 0 aliphatic heterocycles. The number of halogens is 1. The van der Waals surface area contributed by atoms with Crippen molar-refractivity contribution in [3.63, 3.8) is 0 Å². The van der Waals surface area contributed by atoms with Gasteiger partial charge in [0, 0.05) is 18.3 Å². The molecule has 2 aromatic heterocycles. The summed E-state index contributed by atoms with van der Waals surface area (Å²) in [6.07, 6.45) is 0. The summed E-state index contributed by atoms with van der Waals surface area (Å²) >= 11 is 0. The number of aryl methyl sites for hydroxylation is 2. The minimum Gasteiger partial charge on any atom is -0.388 e. The van der Waals surface area contributed by atoms with Gasteiger partial charge >= 0.3 is 0 Å². The highest BCUT2D eigenvalue weighted by Gasteiger charge is 2.15. The van der Waals surface area contributed by atoms with Gasteiger partial charge in [-0.25, -0.2) is 9.37 Å². The Morgan fingerprint density at radius 1 is 1.07 bits per heavy atom. The second-order valence-electron chi connectivity index (χ2n) is 6.24. The van der Waals surface area contributed by atoms with Gasteiger partial charge in [-0.05, 0) is 55.8 Å². The lowest BCUT2D eigenvalue weighted by atomic mass is 10.2. The zero-order valence-electron chi connectivity index (χ0n) is 15.2. The monoisotopic (exact) mass is 363 g/mol. The highest BCUT2D eigenvalue weighted by molar-refractivity contribution is 5.70. The minimum atomic E-state index is -0.408. The highest BCUT2D eigenvalue weighted by Crippen LogP contribution is 2.29. The lowest BCUT2D eigenvalue weighted by Crippen LogP contribution is -1.89. The van der Waals surface area contributed by atoms with E-state index in [1.165, 1.54) is 6.07 Å². The van der Waals surface area contributed by atoms with Crippen LogP contribution in [0.25, 0.3) is 17.0 Å². The summed E-state index contributed by atoms with van der Waals surface area (Å²) in [4.78, 5) is 4.56. The summed E-state index contributed by atoms with van der Waals surface area (Å²) in [5, 5.41) is 18.9. The summed E-state index contributed by atoms with van der Waals surface area (Å²) < 4.78 is 15.5. The van der Waals surface area contributed by atoms with Crippen LogP contribution >= 0.6 is 0 Å². The molecule has 0 unspecified atom stereocenters. The Balaban J connectivity index is 1.71. The molecule has 2 N–H and O–H groups in total. The summed E-state index contributed by atoms with van der Waals surface area (Å²) in [7, 11) is 1.87. The first kappa shape index (κ1) is 16.9. The van der Waals surface area contributed by atoms with Crippen LogP contribution in [0.2, 0.25) is 0 Å². The maximum absolute atomic E-state index is 14.0. The van der Waals surface area contributed by atoms with Crippen molar-refractivity contribution >= 4 is 22.7 Å². The quantitative estimate of drug-likeness (QED) is 0.504. The molecule has 0 fully saturated rings. The molecular weight excluding hydrogens is 345 g/mol. The number of benzene rings is 2. The number of aromatic amines is 1. The first-order valence-corrected chi connectivity index (χ1v) is 8.46. The molecule has 0 atom stereocenters. The molecule has 8 heteroatoms. The van der Waals surface area contributed by atoms with Crippen LogP contribution in [0.4, 0.5) is 21.5 Å². The van der Waals surface area contributed by atoms with Gasteiger partial charge in [-0.15, -0.1) is 15.3 Å². The van der Waals surface area contributed by atoms with Crippen LogP contribution in [0.3, 0.4) is 0 Å². The van der Waals surface area contributed by atoms with Crippen molar-refractivity contribution in [2.45, 2.75) is 13.8 Å². The third-order valence-electron chi connectivity index (χ3n) is 4.24. The van der Waals surface area contributed by atoms with E-state index < -0.39 is 5.82 Å². The molecule has 27 heavy (non-hydrogen) atoms. The predicted octanol–water partition coefficient (Wildman–Crippen LogP) is 4.94. The van der Waals surface area contributed by atoms with Crippen LogP contribution in [0.5, 0.6) is 0 Å². The van der Waals surface area contributed by atoms with Gasteiger partial charge in [0.1, 0.15) is 5.69 Å². The maximum Gasteiger partial charge on any atom is 0.203 e. The van der Waals surface area contributed by atoms with Crippen LogP contribution in [0.1, 0.15) is 11.3 Å². The molecule has 2 heterocycles. The topological polar surface area (TPSA) is 82.7 Å². The Morgan fingerprint density at radius 2 is 1.85 bits per heavy atom. The van der Waals surface area contributed by atoms with Crippen molar-refractivity contribution in [1.29, 1.82) is 0 Å². The first-order chi connectivity index (χ1) is 13.0. The van der Waals surface area contributed by atoms with E-state index in [1.807, 2.05) is 45.2 Å². The van der Waals surface area contributed by atoms with Crippen molar-refractivity contribution in [3.8, 4) is 11.4 Å². The molecule has 0 amide bonds. The largest absolute Gasteiger partial charge is 0.388 e. The maximum atomic E-state index is 14.0. The number of H-pyrrole nitrogens is 1. The summed E-state index contributed by atoms with van der Waals surface area (Å²) in [5.74, 6) is 0.164. The van der Waals surface area contributed by atoms with E-state index in [-0.39, 0.29) is 5.69 Å². The summed E-state index contributed by atoms with van der Waals surface area (Å²) in [6.45, 7) is 3.67. The van der Waals surface area contributed by atoms with Crippen LogP contribution in [-0.2, 0) is 0 Å². The van der Waals surface area contributed by atoms with Gasteiger partial charge in [0.15, 0.2) is 17.3 Å². The molecule has 0 spiro atoms. The summed E-state index contributed by atoms with van der Waals surface area (Å²) in [6, 6.07) is 12.6. The predicted molar refractivity (Wildman–Crippen MR) is 102 cm³/mol. The molecule has 7 nitrogen and oxygen atoms in total. The third kappa shape index (κ3) is 3.17. The van der Waals surface area contributed by atoms with E-state index in [4.69, 9.17) is 0 Å². The van der Waals surface area contributed by atoms with Crippen molar-refractivity contribution in [2.75, 3.05) is 12.4 Å². The fourth-order valence-corrected chi connectivity index (χ4v) is 2.75. The van der Waals surface area contributed by atoms with Crippen molar-refractivity contribution in [3.05, 3.63) is 59.5 Å². The van der Waals surface area contributed by atoms with Gasteiger partial charge in [0.25, 0.3) is 0 Å². The van der Waals surface area contributed by atoms with Crippen molar-refractivity contribution in [2.24, 2.45) is 10.2 Å². The van der Waals surface area contributed by atoms with Gasteiger partial charge in [0.2, 0.25) is 5.65 Å². The standard InChI is InChI=1S/C19H18FN7/c1-11-4-9-16(15(20)10-11)23-24-17-12(2)25-27-19(17)22-18(26-27)13-5-7-14(21-3)8-6-13/h4-10,21,25H,1-3H3. The van der Waals surface area contributed by atoms with E-state index >= 15 is 0 Å². The van der Waals surface area contributed by atoms with Gasteiger partial charge < -0.3 is 5.32 Å². The summed E-state index contributed by atoms with van der Waals surface area (Å²) in [5.41, 5.74) is 4.72. The lowest BCUT2D eigenvalue weighted by molar-refractivity contribution is 0.627. The second-order valence-corrected chi connectivity index (χ2v) is 6.24. The number of rotatable bonds is 4. The number of aromatic nitrogens is 4. The van der Waals surface area contributed by atoms with Gasteiger partial charge in [-0.2, -0.15) is 4.63 Å². The second kappa shape index (κ2) is 6.64. The normalized spacial score (nSPS) is 11.6. The molecule has 0 bridgehead atoms. The lowest BCUT2D eigenvalue weighted by Gasteiger charge is -2.00. The molecular formula is C19H18FN7. The van der Waals surface area contributed by atoms with E-state index in [0.717, 1.165) is 22.5 Å². The SMILES string of the molecule is CNc1ccc(-c2nc3c(N=Nc4ccc(C)cc4F)c(C)[nH]n3n2)cc1. The smallest absolute Gasteiger partial charge is 0.203 e. The zero-order valence-corrected chi connectivity index (χ0v) is 15.2.